The second-order valence-corrected chi connectivity index (χ2v) is 5.52. The van der Waals surface area contributed by atoms with Crippen molar-refractivity contribution in [2.24, 2.45) is 11.7 Å². The van der Waals surface area contributed by atoms with Crippen LogP contribution in [0.1, 0.15) is 25.3 Å². The molecule has 2 rings (SSSR count). The van der Waals surface area contributed by atoms with Gasteiger partial charge < -0.3 is 10.6 Å². The first kappa shape index (κ1) is 16.1. The Morgan fingerprint density at radius 1 is 1.32 bits per heavy atom. The number of primary amides is 1. The van der Waals surface area contributed by atoms with Crippen molar-refractivity contribution in [2.75, 3.05) is 6.54 Å². The highest BCUT2D eigenvalue weighted by atomic mass is 19.1. The van der Waals surface area contributed by atoms with E-state index in [0.717, 1.165) is 18.2 Å². The molecule has 118 valence electrons. The van der Waals surface area contributed by atoms with Crippen molar-refractivity contribution in [3.63, 3.8) is 0 Å². The summed E-state index contributed by atoms with van der Waals surface area (Å²) in [6.07, 6.45) is 3.77. The van der Waals surface area contributed by atoms with Gasteiger partial charge in [-0.3, -0.25) is 9.59 Å². The van der Waals surface area contributed by atoms with Crippen molar-refractivity contribution in [3.05, 3.63) is 41.5 Å². The minimum Gasteiger partial charge on any atom is -0.369 e. The number of carbonyl (C=O) groups is 2. The minimum absolute atomic E-state index is 0.00413. The van der Waals surface area contributed by atoms with Crippen molar-refractivity contribution in [2.45, 2.75) is 25.8 Å². The van der Waals surface area contributed by atoms with E-state index in [4.69, 9.17) is 5.73 Å². The van der Waals surface area contributed by atoms with Crippen LogP contribution < -0.4 is 5.73 Å². The Bertz CT molecular complexity index is 616. The summed E-state index contributed by atoms with van der Waals surface area (Å²) in [5, 5.41) is 0. The fraction of sp³-hybridized carbons (Fsp3) is 0.375. The number of halogens is 2. The molecule has 0 aliphatic carbocycles. The average molecular weight is 308 g/mol. The van der Waals surface area contributed by atoms with Gasteiger partial charge in [0.05, 0.1) is 5.92 Å². The molecule has 2 amide bonds. The van der Waals surface area contributed by atoms with Gasteiger partial charge in [-0.1, -0.05) is 0 Å². The first-order valence-electron chi connectivity index (χ1n) is 7.11. The van der Waals surface area contributed by atoms with Crippen molar-refractivity contribution >= 4 is 17.9 Å². The number of amides is 2. The first-order chi connectivity index (χ1) is 10.4. The van der Waals surface area contributed by atoms with Gasteiger partial charge in [0.25, 0.3) is 0 Å². The lowest BCUT2D eigenvalue weighted by molar-refractivity contribution is -0.133. The second kappa shape index (κ2) is 6.68. The Hall–Kier alpha value is -2.24. The molecule has 1 aromatic rings. The lowest BCUT2D eigenvalue weighted by atomic mass is 9.93. The Kier molecular flexibility index (Phi) is 4.90. The molecular weight excluding hydrogens is 290 g/mol. The molecule has 22 heavy (non-hydrogen) atoms. The SMILES string of the molecule is C[C@@H]1CC[C@@H](C(N)=O)CN1C(=O)/C=C\c1cc(F)ccc1F. The zero-order valence-electron chi connectivity index (χ0n) is 12.3. The molecule has 4 nitrogen and oxygen atoms in total. The van der Waals surface area contributed by atoms with Crippen LogP contribution in [0.4, 0.5) is 8.78 Å². The zero-order valence-corrected chi connectivity index (χ0v) is 12.3. The maximum atomic E-state index is 13.5. The van der Waals surface area contributed by atoms with Crippen LogP contribution >= 0.6 is 0 Å². The molecule has 1 saturated heterocycles. The van der Waals surface area contributed by atoms with Gasteiger partial charge in [0.15, 0.2) is 0 Å². The van der Waals surface area contributed by atoms with Gasteiger partial charge >= 0.3 is 0 Å². The minimum atomic E-state index is -0.604. The van der Waals surface area contributed by atoms with Crippen LogP contribution in [0.5, 0.6) is 0 Å². The van der Waals surface area contributed by atoms with E-state index in [9.17, 15) is 18.4 Å². The van der Waals surface area contributed by atoms with E-state index in [1.165, 1.54) is 17.1 Å². The highest BCUT2D eigenvalue weighted by molar-refractivity contribution is 5.92. The summed E-state index contributed by atoms with van der Waals surface area (Å²) in [6.45, 7) is 2.14. The quantitative estimate of drug-likeness (QED) is 0.869. The molecule has 2 N–H and O–H groups in total. The molecule has 0 bridgehead atoms. The topological polar surface area (TPSA) is 63.4 Å². The molecule has 0 aromatic heterocycles. The van der Waals surface area contributed by atoms with E-state index >= 15 is 0 Å². The van der Waals surface area contributed by atoms with Crippen LogP contribution in [0.25, 0.3) is 6.08 Å². The third-order valence-corrected chi connectivity index (χ3v) is 3.93. The van der Waals surface area contributed by atoms with Crippen LogP contribution in [0.2, 0.25) is 0 Å². The molecule has 2 atom stereocenters. The summed E-state index contributed by atoms with van der Waals surface area (Å²) in [6, 6.07) is 3.01. The number of nitrogens with zero attached hydrogens (tertiary/aromatic N) is 1. The summed E-state index contributed by atoms with van der Waals surface area (Å²) in [5.41, 5.74) is 5.29. The lowest BCUT2D eigenvalue weighted by Gasteiger charge is -2.36. The van der Waals surface area contributed by atoms with Crippen LogP contribution in [-0.4, -0.2) is 29.3 Å². The number of nitrogens with two attached hydrogens (primary N) is 1. The molecule has 0 radical (unpaired) electrons. The summed E-state index contributed by atoms with van der Waals surface area (Å²) >= 11 is 0. The van der Waals surface area contributed by atoms with Crippen molar-refractivity contribution in [3.8, 4) is 0 Å². The summed E-state index contributed by atoms with van der Waals surface area (Å²) in [4.78, 5) is 25.0. The fourth-order valence-electron chi connectivity index (χ4n) is 2.55. The first-order valence-corrected chi connectivity index (χ1v) is 7.11. The molecule has 0 saturated carbocycles. The number of hydrogen-bond acceptors (Lipinski definition) is 2. The highest BCUT2D eigenvalue weighted by Gasteiger charge is 2.30. The average Bonchev–Trinajstić information content (AvgIpc) is 2.48. The van der Waals surface area contributed by atoms with Gasteiger partial charge in [-0.15, -0.1) is 0 Å². The van der Waals surface area contributed by atoms with Gasteiger partial charge in [-0.25, -0.2) is 8.78 Å². The molecule has 1 aromatic carbocycles. The van der Waals surface area contributed by atoms with Gasteiger partial charge in [-0.05, 0) is 44.0 Å². The van der Waals surface area contributed by atoms with Crippen LogP contribution in [0.3, 0.4) is 0 Å². The molecule has 6 heteroatoms. The van der Waals surface area contributed by atoms with Crippen LogP contribution in [-0.2, 0) is 9.59 Å². The maximum absolute atomic E-state index is 13.5. The zero-order chi connectivity index (χ0) is 16.3. The van der Waals surface area contributed by atoms with Crippen LogP contribution in [0, 0.1) is 17.6 Å². The third kappa shape index (κ3) is 3.69. The van der Waals surface area contributed by atoms with Crippen molar-refractivity contribution < 1.29 is 18.4 Å². The van der Waals surface area contributed by atoms with E-state index in [1.807, 2.05) is 6.92 Å². The van der Waals surface area contributed by atoms with Crippen molar-refractivity contribution in [1.82, 2.24) is 4.90 Å². The van der Waals surface area contributed by atoms with Crippen molar-refractivity contribution in [1.29, 1.82) is 0 Å². The third-order valence-electron chi connectivity index (χ3n) is 3.93. The fourth-order valence-corrected chi connectivity index (χ4v) is 2.55. The predicted molar refractivity (Wildman–Crippen MR) is 78.5 cm³/mol. The summed E-state index contributed by atoms with van der Waals surface area (Å²) in [5.74, 6) is -2.31. The molecular formula is C16H18F2N2O2. The molecule has 1 aliphatic rings. The Morgan fingerprint density at radius 2 is 2.05 bits per heavy atom. The molecule has 1 aliphatic heterocycles. The summed E-state index contributed by atoms with van der Waals surface area (Å²) < 4.78 is 26.6. The van der Waals surface area contributed by atoms with Gasteiger partial charge in [-0.2, -0.15) is 0 Å². The standard InChI is InChI=1S/C16H18F2N2O2/c1-10-2-3-12(16(19)22)9-20(10)15(21)7-4-11-8-13(17)5-6-14(11)18/h4-8,10,12H,2-3,9H2,1H3,(H2,19,22)/b7-4-/t10-,12-/m1/s1. The largest absolute Gasteiger partial charge is 0.369 e. The van der Waals surface area contributed by atoms with Gasteiger partial charge in [0.2, 0.25) is 11.8 Å². The maximum Gasteiger partial charge on any atom is 0.246 e. The normalized spacial score (nSPS) is 22.0. The smallest absolute Gasteiger partial charge is 0.246 e. The van der Waals surface area contributed by atoms with E-state index in [1.54, 1.807) is 0 Å². The van der Waals surface area contributed by atoms with Crippen LogP contribution in [0.15, 0.2) is 24.3 Å². The van der Waals surface area contributed by atoms with E-state index in [0.29, 0.717) is 12.8 Å². The molecule has 1 heterocycles. The molecule has 0 unspecified atom stereocenters. The van der Waals surface area contributed by atoms with E-state index in [2.05, 4.69) is 0 Å². The van der Waals surface area contributed by atoms with Gasteiger partial charge in [0.1, 0.15) is 11.6 Å². The number of likely N-dealkylation sites (tertiary alicyclic amines) is 1. The Labute approximate surface area is 127 Å². The number of hydrogen-bond donors (Lipinski definition) is 1. The Balaban J connectivity index is 2.11. The monoisotopic (exact) mass is 308 g/mol. The van der Waals surface area contributed by atoms with E-state index in [-0.39, 0.29) is 30.0 Å². The number of piperidine rings is 1. The number of carbonyl (C=O) groups excluding carboxylic acids is 2. The summed E-state index contributed by atoms with van der Waals surface area (Å²) in [7, 11) is 0. The number of benzene rings is 1. The predicted octanol–water partition coefficient (Wildman–Crippen LogP) is 2.09. The molecule has 1 fully saturated rings. The Morgan fingerprint density at radius 3 is 2.73 bits per heavy atom. The second-order valence-electron chi connectivity index (χ2n) is 5.52. The highest BCUT2D eigenvalue weighted by Crippen LogP contribution is 2.22. The molecule has 0 spiro atoms. The number of rotatable bonds is 3. The lowest BCUT2D eigenvalue weighted by Crippen LogP contribution is -2.48. The van der Waals surface area contributed by atoms with Gasteiger partial charge in [0, 0.05) is 24.2 Å². The van der Waals surface area contributed by atoms with E-state index < -0.39 is 17.5 Å².